The molecule has 0 saturated heterocycles. The van der Waals surface area contributed by atoms with Gasteiger partial charge in [-0.1, -0.05) is 23.9 Å². The normalized spacial score (nSPS) is 11.9. The first-order valence-electron chi connectivity index (χ1n) is 8.35. The van der Waals surface area contributed by atoms with Gasteiger partial charge in [0.15, 0.2) is 6.61 Å². The molecule has 146 valence electrons. The summed E-state index contributed by atoms with van der Waals surface area (Å²) < 4.78 is 37.9. The maximum Gasteiger partial charge on any atom is 0.277 e. The van der Waals surface area contributed by atoms with Gasteiger partial charge < -0.3 is 14.5 Å². The van der Waals surface area contributed by atoms with Gasteiger partial charge in [-0.25, -0.2) is 8.78 Å². The number of aromatic nitrogens is 2. The van der Waals surface area contributed by atoms with Crippen LogP contribution in [0.2, 0.25) is 0 Å². The lowest BCUT2D eigenvalue weighted by atomic mass is 10.2. The number of benzene rings is 2. The number of anilines is 1. The summed E-state index contributed by atoms with van der Waals surface area (Å²) in [6.45, 7) is 3.63. The van der Waals surface area contributed by atoms with Crippen LogP contribution in [-0.2, 0) is 11.4 Å². The van der Waals surface area contributed by atoms with Crippen molar-refractivity contribution in [3.05, 3.63) is 65.6 Å². The number of hydrogen-bond acceptors (Lipinski definition) is 6. The van der Waals surface area contributed by atoms with Crippen molar-refractivity contribution in [3.8, 4) is 5.75 Å². The summed E-state index contributed by atoms with van der Waals surface area (Å²) >= 11 is 1.00. The highest BCUT2D eigenvalue weighted by atomic mass is 32.2. The summed E-state index contributed by atoms with van der Waals surface area (Å²) in [5.41, 5.74) is 0.837. The number of ether oxygens (including phenoxy) is 1. The van der Waals surface area contributed by atoms with E-state index in [-0.39, 0.29) is 23.4 Å². The molecule has 0 aliphatic carbocycles. The maximum absolute atomic E-state index is 13.6. The lowest BCUT2D eigenvalue weighted by Crippen LogP contribution is -2.23. The Balaban J connectivity index is 1.55. The fourth-order valence-electron chi connectivity index (χ4n) is 2.23. The van der Waals surface area contributed by atoms with Crippen LogP contribution in [0.5, 0.6) is 5.75 Å². The minimum absolute atomic E-state index is 0.0894. The lowest BCUT2D eigenvalue weighted by molar-refractivity contribution is -0.115. The third-order valence-corrected chi connectivity index (χ3v) is 4.57. The highest BCUT2D eigenvalue weighted by Gasteiger charge is 2.20. The van der Waals surface area contributed by atoms with E-state index in [0.29, 0.717) is 5.75 Å². The van der Waals surface area contributed by atoms with Gasteiger partial charge in [-0.15, -0.1) is 10.2 Å². The molecule has 1 heterocycles. The van der Waals surface area contributed by atoms with E-state index in [4.69, 9.17) is 9.15 Å². The van der Waals surface area contributed by atoms with Crippen LogP contribution in [0.3, 0.4) is 0 Å². The van der Waals surface area contributed by atoms with Crippen LogP contribution in [0.4, 0.5) is 14.5 Å². The van der Waals surface area contributed by atoms with Gasteiger partial charge in [-0.2, -0.15) is 0 Å². The van der Waals surface area contributed by atoms with E-state index < -0.39 is 22.8 Å². The highest BCUT2D eigenvalue weighted by molar-refractivity contribution is 8.00. The number of nitrogens with zero attached hydrogens (tertiary/aromatic N) is 2. The number of aryl methyl sites for hydroxylation is 1. The van der Waals surface area contributed by atoms with E-state index in [0.717, 1.165) is 35.5 Å². The molecule has 0 unspecified atom stereocenters. The van der Waals surface area contributed by atoms with Gasteiger partial charge in [-0.3, -0.25) is 4.79 Å². The molecule has 0 saturated carbocycles. The Kier molecular flexibility index (Phi) is 6.25. The van der Waals surface area contributed by atoms with Crippen molar-refractivity contribution in [3.63, 3.8) is 0 Å². The predicted molar refractivity (Wildman–Crippen MR) is 100 cm³/mol. The van der Waals surface area contributed by atoms with E-state index >= 15 is 0 Å². The topological polar surface area (TPSA) is 77.2 Å². The molecule has 6 nitrogen and oxygen atoms in total. The Hall–Kier alpha value is -2.94. The molecule has 9 heteroatoms. The van der Waals surface area contributed by atoms with E-state index in [1.54, 1.807) is 6.92 Å². The number of amides is 1. The van der Waals surface area contributed by atoms with E-state index in [1.807, 2.05) is 31.2 Å². The molecule has 0 aliphatic heterocycles. The number of carbonyl (C=O) groups excluding carboxylic acids is 1. The first kappa shape index (κ1) is 19.8. The largest absolute Gasteiger partial charge is 0.484 e. The van der Waals surface area contributed by atoms with Crippen molar-refractivity contribution in [2.24, 2.45) is 0 Å². The molecule has 1 aromatic heterocycles. The van der Waals surface area contributed by atoms with Gasteiger partial charge in [0.05, 0.1) is 10.9 Å². The van der Waals surface area contributed by atoms with Gasteiger partial charge >= 0.3 is 0 Å². The SMILES string of the molecule is Cc1cccc(OCc2nnc(S[C@H](C)C(=O)Nc3cc(F)ccc3F)o2)c1. The zero-order chi connectivity index (χ0) is 20.1. The van der Waals surface area contributed by atoms with Crippen molar-refractivity contribution in [1.82, 2.24) is 10.2 Å². The van der Waals surface area contributed by atoms with Crippen molar-refractivity contribution < 1.29 is 22.7 Å². The van der Waals surface area contributed by atoms with Crippen molar-refractivity contribution in [2.75, 3.05) is 5.32 Å². The molecular weight excluding hydrogens is 388 g/mol. The Morgan fingerprint density at radius 2 is 2.07 bits per heavy atom. The number of hydrogen-bond donors (Lipinski definition) is 1. The summed E-state index contributed by atoms with van der Waals surface area (Å²) in [6, 6.07) is 10.4. The lowest BCUT2D eigenvalue weighted by Gasteiger charge is -2.10. The number of rotatable bonds is 7. The smallest absolute Gasteiger partial charge is 0.277 e. The van der Waals surface area contributed by atoms with Crippen LogP contribution in [0.15, 0.2) is 52.1 Å². The number of halogens is 2. The van der Waals surface area contributed by atoms with Gasteiger partial charge in [0.1, 0.15) is 17.4 Å². The second-order valence-corrected chi connectivity index (χ2v) is 7.23. The van der Waals surface area contributed by atoms with Crippen LogP contribution in [-0.4, -0.2) is 21.4 Å². The molecule has 0 bridgehead atoms. The third-order valence-electron chi connectivity index (χ3n) is 3.63. The Morgan fingerprint density at radius 1 is 1.25 bits per heavy atom. The first-order valence-corrected chi connectivity index (χ1v) is 9.23. The van der Waals surface area contributed by atoms with Crippen molar-refractivity contribution >= 4 is 23.4 Å². The monoisotopic (exact) mass is 405 g/mol. The number of thioether (sulfide) groups is 1. The van der Waals surface area contributed by atoms with Crippen LogP contribution in [0.1, 0.15) is 18.4 Å². The molecule has 2 aromatic carbocycles. The minimum Gasteiger partial charge on any atom is -0.484 e. The number of carbonyl (C=O) groups is 1. The zero-order valence-corrected chi connectivity index (χ0v) is 15.9. The molecule has 1 N–H and O–H groups in total. The fraction of sp³-hybridized carbons (Fsp3) is 0.211. The Bertz CT molecular complexity index is 981. The zero-order valence-electron chi connectivity index (χ0n) is 15.1. The summed E-state index contributed by atoms with van der Waals surface area (Å²) in [7, 11) is 0. The molecule has 0 fully saturated rings. The van der Waals surface area contributed by atoms with Gasteiger partial charge in [0, 0.05) is 6.07 Å². The summed E-state index contributed by atoms with van der Waals surface area (Å²) in [4.78, 5) is 12.2. The van der Waals surface area contributed by atoms with E-state index in [1.165, 1.54) is 0 Å². The van der Waals surface area contributed by atoms with Crippen LogP contribution in [0.25, 0.3) is 0 Å². The molecule has 1 amide bonds. The highest BCUT2D eigenvalue weighted by Crippen LogP contribution is 2.24. The first-order chi connectivity index (χ1) is 13.4. The average molecular weight is 405 g/mol. The molecule has 3 aromatic rings. The van der Waals surface area contributed by atoms with Crippen molar-refractivity contribution in [2.45, 2.75) is 30.9 Å². The van der Waals surface area contributed by atoms with Crippen LogP contribution < -0.4 is 10.1 Å². The summed E-state index contributed by atoms with van der Waals surface area (Å²) in [5, 5.41) is 9.57. The molecule has 3 rings (SSSR count). The Labute approximate surface area is 164 Å². The van der Waals surface area contributed by atoms with E-state index in [2.05, 4.69) is 15.5 Å². The van der Waals surface area contributed by atoms with E-state index in [9.17, 15) is 13.6 Å². The summed E-state index contributed by atoms with van der Waals surface area (Å²) in [5.74, 6) is -0.956. The standard InChI is InChI=1S/C19H17F2N3O3S/c1-11-4-3-5-14(8-11)26-10-17-23-24-19(27-17)28-12(2)18(25)22-16-9-13(20)6-7-15(16)21/h3-9,12H,10H2,1-2H3,(H,22,25)/t12-/m1/s1. The van der Waals surface area contributed by atoms with Crippen molar-refractivity contribution in [1.29, 1.82) is 0 Å². The van der Waals surface area contributed by atoms with Gasteiger partial charge in [-0.05, 0) is 43.7 Å². The molecule has 1 atom stereocenters. The van der Waals surface area contributed by atoms with Crippen LogP contribution in [0, 0.1) is 18.6 Å². The molecule has 0 spiro atoms. The van der Waals surface area contributed by atoms with Gasteiger partial charge in [0.2, 0.25) is 5.91 Å². The average Bonchev–Trinajstić information content (AvgIpc) is 3.10. The molecule has 0 radical (unpaired) electrons. The predicted octanol–water partition coefficient (Wildman–Crippen LogP) is 4.35. The fourth-order valence-corrected chi connectivity index (χ4v) is 2.93. The summed E-state index contributed by atoms with van der Waals surface area (Å²) in [6.07, 6.45) is 0. The van der Waals surface area contributed by atoms with Gasteiger partial charge in [0.25, 0.3) is 11.1 Å². The second kappa shape index (κ2) is 8.83. The Morgan fingerprint density at radius 3 is 2.86 bits per heavy atom. The minimum atomic E-state index is -0.722. The molecule has 28 heavy (non-hydrogen) atoms. The van der Waals surface area contributed by atoms with Crippen LogP contribution >= 0.6 is 11.8 Å². The number of nitrogens with one attached hydrogen (secondary N) is 1. The molecular formula is C19H17F2N3O3S. The third kappa shape index (κ3) is 5.29. The quantitative estimate of drug-likeness (QED) is 0.589. The molecule has 0 aliphatic rings. The maximum atomic E-state index is 13.6. The second-order valence-electron chi connectivity index (χ2n) is 5.94.